The molecule has 0 aliphatic rings. The summed E-state index contributed by atoms with van der Waals surface area (Å²) in [5, 5.41) is 0. The Morgan fingerprint density at radius 2 is 1.88 bits per heavy atom. The molecule has 0 aromatic heterocycles. The lowest BCUT2D eigenvalue weighted by atomic mass is 10.1. The SMILES string of the molecule is C=CC(=O)OCC[N+](CC)(CC)C(C)CC.[Cl-]. The molecule has 0 amide bonds. The fourth-order valence-corrected chi connectivity index (χ4v) is 2.16. The first-order chi connectivity index (χ1) is 7.56. The summed E-state index contributed by atoms with van der Waals surface area (Å²) in [6.45, 7) is 15.8. The number of hydrogen-bond donors (Lipinski definition) is 0. The molecule has 0 bridgehead atoms. The molecule has 0 saturated heterocycles. The Kier molecular flexibility index (Phi) is 10.5. The molecule has 1 unspecified atom stereocenters. The number of carbonyl (C=O) groups is 1. The second-order valence-electron chi connectivity index (χ2n) is 4.20. The minimum Gasteiger partial charge on any atom is -1.00 e. The van der Waals surface area contributed by atoms with Crippen molar-refractivity contribution in [2.45, 2.75) is 40.2 Å². The Bertz CT molecular complexity index is 227. The van der Waals surface area contributed by atoms with Crippen LogP contribution < -0.4 is 12.4 Å². The van der Waals surface area contributed by atoms with Crippen LogP contribution in [0.15, 0.2) is 12.7 Å². The summed E-state index contributed by atoms with van der Waals surface area (Å²) in [5.74, 6) is -0.325. The highest BCUT2D eigenvalue weighted by Gasteiger charge is 2.29. The number of esters is 1. The lowest BCUT2D eigenvalue weighted by Crippen LogP contribution is -3.00. The Morgan fingerprint density at radius 3 is 2.24 bits per heavy atom. The molecule has 0 rings (SSSR count). The number of quaternary nitrogens is 1. The lowest BCUT2D eigenvalue weighted by molar-refractivity contribution is -0.946. The van der Waals surface area contributed by atoms with Crippen molar-refractivity contribution in [1.29, 1.82) is 0 Å². The molecule has 102 valence electrons. The van der Waals surface area contributed by atoms with Gasteiger partial charge in [-0.25, -0.2) is 4.79 Å². The minimum absolute atomic E-state index is 0. The van der Waals surface area contributed by atoms with Crippen LogP contribution >= 0.6 is 0 Å². The van der Waals surface area contributed by atoms with E-state index in [2.05, 4.69) is 34.3 Å². The molecule has 0 fully saturated rings. The Labute approximate surface area is 112 Å². The second kappa shape index (κ2) is 9.49. The molecule has 0 heterocycles. The maximum absolute atomic E-state index is 11.0. The summed E-state index contributed by atoms with van der Waals surface area (Å²) >= 11 is 0. The average molecular weight is 264 g/mol. The van der Waals surface area contributed by atoms with Gasteiger partial charge in [-0.1, -0.05) is 13.5 Å². The largest absolute Gasteiger partial charge is 1.00 e. The van der Waals surface area contributed by atoms with Crippen molar-refractivity contribution in [3.8, 4) is 0 Å². The number of carbonyl (C=O) groups excluding carboxylic acids is 1. The third-order valence-corrected chi connectivity index (χ3v) is 3.73. The summed E-state index contributed by atoms with van der Waals surface area (Å²) < 4.78 is 6.09. The zero-order valence-corrected chi connectivity index (χ0v) is 12.3. The zero-order valence-electron chi connectivity index (χ0n) is 11.5. The smallest absolute Gasteiger partial charge is 0.330 e. The van der Waals surface area contributed by atoms with Crippen LogP contribution in [-0.4, -0.2) is 42.7 Å². The molecule has 1 atom stereocenters. The third-order valence-electron chi connectivity index (χ3n) is 3.73. The van der Waals surface area contributed by atoms with E-state index in [-0.39, 0.29) is 18.4 Å². The van der Waals surface area contributed by atoms with Gasteiger partial charge >= 0.3 is 5.97 Å². The minimum atomic E-state index is -0.325. The monoisotopic (exact) mass is 263 g/mol. The molecular formula is C13H26ClNO2. The van der Waals surface area contributed by atoms with Crippen molar-refractivity contribution < 1.29 is 26.4 Å². The van der Waals surface area contributed by atoms with Gasteiger partial charge in [0.1, 0.15) is 13.2 Å². The van der Waals surface area contributed by atoms with Crippen molar-refractivity contribution in [1.82, 2.24) is 0 Å². The summed E-state index contributed by atoms with van der Waals surface area (Å²) in [6, 6.07) is 0.609. The van der Waals surface area contributed by atoms with E-state index in [0.29, 0.717) is 12.6 Å². The van der Waals surface area contributed by atoms with Gasteiger partial charge in [-0.3, -0.25) is 0 Å². The quantitative estimate of drug-likeness (QED) is 0.331. The van der Waals surface area contributed by atoms with Gasteiger partial charge in [0.25, 0.3) is 0 Å². The summed E-state index contributed by atoms with van der Waals surface area (Å²) in [7, 11) is 0. The molecule has 0 radical (unpaired) electrons. The van der Waals surface area contributed by atoms with Crippen LogP contribution in [0.1, 0.15) is 34.1 Å². The van der Waals surface area contributed by atoms with Gasteiger partial charge in [0, 0.05) is 6.08 Å². The summed E-state index contributed by atoms with van der Waals surface area (Å²) in [5.41, 5.74) is 0. The standard InChI is InChI=1S/C13H26NO2.ClH/c1-6-12(5)14(8-3,9-4)10-11-16-13(15)7-2;/h7,12H,2,6,8-11H2,1,3-5H3;1H/q+1;/p-1. The third kappa shape index (κ3) is 5.55. The number of halogens is 1. The van der Waals surface area contributed by atoms with Gasteiger partial charge in [0.05, 0.1) is 19.1 Å². The first-order valence-electron chi connectivity index (χ1n) is 6.21. The van der Waals surface area contributed by atoms with Crippen LogP contribution in [0.5, 0.6) is 0 Å². The second-order valence-corrected chi connectivity index (χ2v) is 4.20. The molecule has 0 aromatic rings. The van der Waals surface area contributed by atoms with Crippen LogP contribution in [0.4, 0.5) is 0 Å². The van der Waals surface area contributed by atoms with Crippen molar-refractivity contribution >= 4 is 5.97 Å². The molecule has 0 aliphatic heterocycles. The first-order valence-corrected chi connectivity index (χ1v) is 6.21. The van der Waals surface area contributed by atoms with Gasteiger partial charge in [0.15, 0.2) is 0 Å². The molecule has 0 aromatic carbocycles. The number of likely N-dealkylation sites (N-methyl/N-ethyl adjacent to an activating group) is 1. The van der Waals surface area contributed by atoms with Crippen molar-refractivity contribution in [2.24, 2.45) is 0 Å². The van der Waals surface area contributed by atoms with Crippen LogP contribution in [-0.2, 0) is 9.53 Å². The molecule has 0 saturated carbocycles. The van der Waals surface area contributed by atoms with E-state index in [1.165, 1.54) is 6.08 Å². The van der Waals surface area contributed by atoms with Crippen LogP contribution in [0.2, 0.25) is 0 Å². The van der Waals surface area contributed by atoms with E-state index in [4.69, 9.17) is 4.74 Å². The lowest BCUT2D eigenvalue weighted by Gasteiger charge is -2.41. The van der Waals surface area contributed by atoms with Crippen LogP contribution in [0.3, 0.4) is 0 Å². The highest BCUT2D eigenvalue weighted by molar-refractivity contribution is 5.81. The van der Waals surface area contributed by atoms with Gasteiger partial charge < -0.3 is 21.6 Å². The van der Waals surface area contributed by atoms with Crippen molar-refractivity contribution in [2.75, 3.05) is 26.2 Å². The molecule has 0 aliphatic carbocycles. The molecule has 3 nitrogen and oxygen atoms in total. The molecule has 17 heavy (non-hydrogen) atoms. The Balaban J connectivity index is 0. The number of ether oxygens (including phenoxy) is 1. The van der Waals surface area contributed by atoms with Gasteiger partial charge in [-0.2, -0.15) is 0 Å². The fraction of sp³-hybridized carbons (Fsp3) is 0.769. The summed E-state index contributed by atoms with van der Waals surface area (Å²) in [4.78, 5) is 11.0. The number of hydrogen-bond acceptors (Lipinski definition) is 2. The first kappa shape index (κ1) is 18.8. The van der Waals surface area contributed by atoms with Crippen molar-refractivity contribution in [3.05, 3.63) is 12.7 Å². The number of rotatable bonds is 8. The molecule has 0 spiro atoms. The highest BCUT2D eigenvalue weighted by atomic mass is 35.5. The zero-order chi connectivity index (χ0) is 12.6. The molecule has 4 heteroatoms. The maximum atomic E-state index is 11.0. The fourth-order valence-electron chi connectivity index (χ4n) is 2.16. The highest BCUT2D eigenvalue weighted by Crippen LogP contribution is 2.15. The topological polar surface area (TPSA) is 26.3 Å². The van der Waals surface area contributed by atoms with Gasteiger partial charge in [-0.15, -0.1) is 0 Å². The predicted octanol–water partition coefficient (Wildman–Crippen LogP) is -0.625. The van der Waals surface area contributed by atoms with Crippen LogP contribution in [0, 0.1) is 0 Å². The number of nitrogens with zero attached hydrogens (tertiary/aromatic N) is 1. The van der Waals surface area contributed by atoms with Crippen LogP contribution in [0.25, 0.3) is 0 Å². The van der Waals surface area contributed by atoms with E-state index in [1.807, 2.05) is 0 Å². The Morgan fingerprint density at radius 1 is 1.35 bits per heavy atom. The van der Waals surface area contributed by atoms with E-state index < -0.39 is 0 Å². The summed E-state index contributed by atoms with van der Waals surface area (Å²) in [6.07, 6.45) is 2.37. The maximum Gasteiger partial charge on any atom is 0.330 e. The molecular weight excluding hydrogens is 238 g/mol. The van der Waals surface area contributed by atoms with E-state index in [0.717, 1.165) is 30.5 Å². The normalized spacial score (nSPS) is 12.5. The predicted molar refractivity (Wildman–Crippen MR) is 67.1 cm³/mol. The van der Waals surface area contributed by atoms with E-state index in [1.54, 1.807) is 0 Å². The van der Waals surface area contributed by atoms with Gasteiger partial charge in [-0.05, 0) is 27.2 Å². The van der Waals surface area contributed by atoms with E-state index in [9.17, 15) is 4.79 Å². The van der Waals surface area contributed by atoms with E-state index >= 15 is 0 Å². The van der Waals surface area contributed by atoms with Crippen molar-refractivity contribution in [3.63, 3.8) is 0 Å². The molecule has 0 N–H and O–H groups in total. The average Bonchev–Trinajstić information content (AvgIpc) is 2.33. The van der Waals surface area contributed by atoms with Gasteiger partial charge in [0.2, 0.25) is 0 Å². The Hall–Kier alpha value is -0.540.